The van der Waals surface area contributed by atoms with E-state index in [1.54, 1.807) is 0 Å². The minimum Gasteiger partial charge on any atom is -0.375 e. The van der Waals surface area contributed by atoms with E-state index in [4.69, 9.17) is 11.6 Å². The highest BCUT2D eigenvalue weighted by Gasteiger charge is 2.31. The topological polar surface area (TPSA) is 36.1 Å². The Morgan fingerprint density at radius 1 is 1.40 bits per heavy atom. The average Bonchev–Trinajstić information content (AvgIpc) is 2.36. The van der Waals surface area contributed by atoms with E-state index in [2.05, 4.69) is 22.0 Å². The predicted octanol–water partition coefficient (Wildman–Crippen LogP) is -0.239. The first-order valence-electron chi connectivity index (χ1n) is 3.41. The maximum atomic E-state index is 5.98. The molecule has 0 aromatic heterocycles. The molecule has 1 fully saturated rings. The molecule has 3 atom stereocenters. The van der Waals surface area contributed by atoms with Crippen molar-refractivity contribution in [2.45, 2.75) is 11.7 Å². The van der Waals surface area contributed by atoms with Gasteiger partial charge in [0.25, 0.3) is 0 Å². The van der Waals surface area contributed by atoms with E-state index in [1.165, 1.54) is 0 Å². The van der Waals surface area contributed by atoms with Gasteiger partial charge in [-0.25, -0.2) is 0 Å². The van der Waals surface area contributed by atoms with Crippen LogP contribution in [0.4, 0.5) is 0 Å². The monoisotopic (exact) mass is 159 g/mol. The average molecular weight is 160 g/mol. The quantitative estimate of drug-likeness (QED) is 0.337. The van der Waals surface area contributed by atoms with Gasteiger partial charge < -0.3 is 5.32 Å². The van der Waals surface area contributed by atoms with Gasteiger partial charge in [-0.2, -0.15) is 0 Å². The summed E-state index contributed by atoms with van der Waals surface area (Å²) in [6.07, 6.45) is 4.37. The van der Waals surface area contributed by atoms with Crippen LogP contribution < -0.4 is 16.0 Å². The lowest BCUT2D eigenvalue weighted by Gasteiger charge is -2.31. The van der Waals surface area contributed by atoms with Crippen molar-refractivity contribution in [3.05, 3.63) is 12.3 Å². The summed E-state index contributed by atoms with van der Waals surface area (Å²) < 4.78 is 0. The lowest BCUT2D eigenvalue weighted by Crippen LogP contribution is -2.57. The lowest BCUT2D eigenvalue weighted by molar-refractivity contribution is 0.296. The fourth-order valence-electron chi connectivity index (χ4n) is 1.36. The van der Waals surface area contributed by atoms with Crippen LogP contribution in [-0.4, -0.2) is 18.3 Å². The summed E-state index contributed by atoms with van der Waals surface area (Å²) in [5.74, 6) is 0.385. The van der Waals surface area contributed by atoms with Crippen molar-refractivity contribution < 1.29 is 0 Å². The highest BCUT2D eigenvalue weighted by atomic mass is 35.5. The van der Waals surface area contributed by atoms with Gasteiger partial charge in [0.15, 0.2) is 0 Å². The number of alkyl halides is 1. The molecule has 0 saturated carbocycles. The number of nitrogens with one attached hydrogen (secondary N) is 3. The second-order valence-corrected chi connectivity index (χ2v) is 3.04. The van der Waals surface area contributed by atoms with E-state index in [1.807, 2.05) is 6.20 Å². The predicted molar refractivity (Wildman–Crippen MR) is 40.3 cm³/mol. The summed E-state index contributed by atoms with van der Waals surface area (Å²) in [4.78, 5) is 0. The molecule has 3 N–H and O–H groups in total. The van der Waals surface area contributed by atoms with Crippen molar-refractivity contribution in [2.75, 3.05) is 6.67 Å². The zero-order valence-electron chi connectivity index (χ0n) is 5.47. The molecule has 3 unspecified atom stereocenters. The van der Waals surface area contributed by atoms with Crippen LogP contribution in [0.2, 0.25) is 0 Å². The lowest BCUT2D eigenvalue weighted by atomic mass is 10.1. The first-order chi connectivity index (χ1) is 4.88. The molecule has 56 valence electrons. The third-order valence-electron chi connectivity index (χ3n) is 1.94. The Kier molecular flexibility index (Phi) is 1.56. The van der Waals surface area contributed by atoms with Gasteiger partial charge in [-0.15, -0.1) is 11.6 Å². The number of halogens is 1. The van der Waals surface area contributed by atoms with Gasteiger partial charge in [-0.3, -0.25) is 10.6 Å². The van der Waals surface area contributed by atoms with Gasteiger partial charge in [0, 0.05) is 12.6 Å². The molecule has 0 aromatic rings. The van der Waals surface area contributed by atoms with Gasteiger partial charge in [0.05, 0.1) is 11.7 Å². The van der Waals surface area contributed by atoms with Gasteiger partial charge >= 0.3 is 0 Å². The maximum Gasteiger partial charge on any atom is 0.0932 e. The first kappa shape index (κ1) is 6.46. The fourth-order valence-corrected chi connectivity index (χ4v) is 1.66. The molecule has 0 radical (unpaired) electrons. The Morgan fingerprint density at radius 3 is 3.10 bits per heavy atom. The zero-order chi connectivity index (χ0) is 6.97. The highest BCUT2D eigenvalue weighted by molar-refractivity contribution is 6.20. The normalized spacial score (nSPS) is 44.7. The van der Waals surface area contributed by atoms with Crippen LogP contribution >= 0.6 is 11.6 Å². The molecule has 2 aliphatic rings. The molecule has 0 aliphatic carbocycles. The van der Waals surface area contributed by atoms with E-state index in [-0.39, 0.29) is 5.50 Å². The summed E-state index contributed by atoms with van der Waals surface area (Å²) in [7, 11) is 0. The standard InChI is InChI=1S/C6H10ClN3/c7-5-4-1-2-8-6(4)10-3-9-5/h1-2,4-6,8-10H,3H2. The van der Waals surface area contributed by atoms with Gasteiger partial charge in [0.1, 0.15) is 0 Å². The smallest absolute Gasteiger partial charge is 0.0932 e. The van der Waals surface area contributed by atoms with Crippen LogP contribution in [0.25, 0.3) is 0 Å². The Hall–Kier alpha value is -0.250. The van der Waals surface area contributed by atoms with Gasteiger partial charge in [-0.1, -0.05) is 6.08 Å². The molecule has 4 heteroatoms. The van der Waals surface area contributed by atoms with Gasteiger partial charge in [-0.05, 0) is 6.20 Å². The Labute approximate surface area is 64.8 Å². The van der Waals surface area contributed by atoms with E-state index in [0.717, 1.165) is 6.67 Å². The van der Waals surface area contributed by atoms with Crippen LogP contribution in [0.3, 0.4) is 0 Å². The molecule has 2 heterocycles. The largest absolute Gasteiger partial charge is 0.375 e. The van der Waals surface area contributed by atoms with Crippen LogP contribution in [-0.2, 0) is 0 Å². The molecule has 1 saturated heterocycles. The summed E-state index contributed by atoms with van der Waals surface area (Å²) in [6.45, 7) is 0.782. The number of hydrogen-bond donors (Lipinski definition) is 3. The number of fused-ring (bicyclic) bond motifs is 1. The van der Waals surface area contributed by atoms with Crippen molar-refractivity contribution in [3.63, 3.8) is 0 Å². The Balaban J connectivity index is 2.08. The van der Waals surface area contributed by atoms with Crippen LogP contribution in [0.1, 0.15) is 0 Å². The molecule has 0 spiro atoms. The zero-order valence-corrected chi connectivity index (χ0v) is 6.23. The minimum atomic E-state index is 0.0671. The number of rotatable bonds is 0. The first-order valence-corrected chi connectivity index (χ1v) is 3.85. The van der Waals surface area contributed by atoms with Crippen molar-refractivity contribution >= 4 is 11.6 Å². The van der Waals surface area contributed by atoms with Crippen LogP contribution in [0.5, 0.6) is 0 Å². The van der Waals surface area contributed by atoms with E-state index >= 15 is 0 Å². The summed E-state index contributed by atoms with van der Waals surface area (Å²) >= 11 is 5.98. The third-order valence-corrected chi connectivity index (χ3v) is 2.38. The van der Waals surface area contributed by atoms with Crippen LogP contribution in [0, 0.1) is 5.92 Å². The van der Waals surface area contributed by atoms with Crippen molar-refractivity contribution in [1.82, 2.24) is 16.0 Å². The highest BCUT2D eigenvalue weighted by Crippen LogP contribution is 2.19. The molecular weight excluding hydrogens is 150 g/mol. The van der Waals surface area contributed by atoms with E-state index < -0.39 is 0 Å². The molecule has 0 aromatic carbocycles. The van der Waals surface area contributed by atoms with Crippen LogP contribution in [0.15, 0.2) is 12.3 Å². The molecule has 2 aliphatic heterocycles. The maximum absolute atomic E-state index is 5.98. The van der Waals surface area contributed by atoms with Crippen molar-refractivity contribution in [1.29, 1.82) is 0 Å². The SMILES string of the molecule is ClC1NCNC2NC=CC12. The summed E-state index contributed by atoms with van der Waals surface area (Å²) in [6, 6.07) is 0. The number of hydrogen-bond acceptors (Lipinski definition) is 3. The molecular formula is C6H10ClN3. The third kappa shape index (κ3) is 0.905. The van der Waals surface area contributed by atoms with Crippen molar-refractivity contribution in [3.8, 4) is 0 Å². The Morgan fingerprint density at radius 2 is 2.30 bits per heavy atom. The van der Waals surface area contributed by atoms with Gasteiger partial charge in [0.2, 0.25) is 0 Å². The molecule has 10 heavy (non-hydrogen) atoms. The molecule has 0 amide bonds. The second-order valence-electron chi connectivity index (χ2n) is 2.57. The molecule has 2 rings (SSSR count). The van der Waals surface area contributed by atoms with E-state index in [0.29, 0.717) is 12.1 Å². The second kappa shape index (κ2) is 2.42. The fraction of sp³-hybridized carbons (Fsp3) is 0.667. The van der Waals surface area contributed by atoms with E-state index in [9.17, 15) is 0 Å². The summed E-state index contributed by atoms with van der Waals surface area (Å²) in [5.41, 5.74) is 0.0671. The Bertz CT molecular complexity index is 159. The molecule has 0 bridgehead atoms. The molecule has 3 nitrogen and oxygen atoms in total. The van der Waals surface area contributed by atoms with Crippen molar-refractivity contribution in [2.24, 2.45) is 5.92 Å². The minimum absolute atomic E-state index is 0.0671. The summed E-state index contributed by atoms with van der Waals surface area (Å²) in [5, 5.41) is 9.53.